The molecule has 0 aliphatic heterocycles. The van der Waals surface area contributed by atoms with E-state index in [9.17, 15) is 8.78 Å². The lowest BCUT2D eigenvalue weighted by Gasteiger charge is -2.08. The zero-order valence-electron chi connectivity index (χ0n) is 11.6. The van der Waals surface area contributed by atoms with E-state index in [1.807, 2.05) is 19.9 Å². The summed E-state index contributed by atoms with van der Waals surface area (Å²) in [6.07, 6.45) is 0.835. The van der Waals surface area contributed by atoms with Gasteiger partial charge in [0, 0.05) is 19.7 Å². The second kappa shape index (κ2) is 6.21. The number of hydrogen-bond donors (Lipinski definition) is 1. The molecule has 0 amide bonds. The number of aryl methyl sites for hydroxylation is 2. The van der Waals surface area contributed by atoms with Gasteiger partial charge in [0.25, 0.3) is 0 Å². The monoisotopic (exact) mass is 298 g/mol. The number of pyridine rings is 1. The molecular weight excluding hydrogens is 282 g/mol. The standard InChI is InChI=1S/C13H16F2N4S/c1-4-5-16-12-9(14)7-10(15)13(17-12)20-11-6-8(2)18-19(11)3/h6-7H,4-5H2,1-3H3,(H,16,17). The third kappa shape index (κ3) is 3.27. The van der Waals surface area contributed by atoms with Gasteiger partial charge in [0.1, 0.15) is 10.1 Å². The molecular formula is C13H16F2N4S. The highest BCUT2D eigenvalue weighted by Crippen LogP contribution is 2.30. The number of hydrogen-bond acceptors (Lipinski definition) is 4. The lowest BCUT2D eigenvalue weighted by molar-refractivity contribution is 0.550. The van der Waals surface area contributed by atoms with Gasteiger partial charge in [0.05, 0.1) is 5.69 Å². The summed E-state index contributed by atoms with van der Waals surface area (Å²) < 4.78 is 29.0. The van der Waals surface area contributed by atoms with Crippen molar-refractivity contribution in [1.82, 2.24) is 14.8 Å². The molecule has 0 aromatic carbocycles. The third-order valence-corrected chi connectivity index (χ3v) is 3.67. The molecule has 7 heteroatoms. The van der Waals surface area contributed by atoms with Crippen LogP contribution >= 0.6 is 11.8 Å². The van der Waals surface area contributed by atoms with Crippen molar-refractivity contribution >= 4 is 17.6 Å². The summed E-state index contributed by atoms with van der Waals surface area (Å²) in [5.41, 5.74) is 0.835. The van der Waals surface area contributed by atoms with Gasteiger partial charge in [-0.1, -0.05) is 6.92 Å². The minimum Gasteiger partial charge on any atom is -0.368 e. The van der Waals surface area contributed by atoms with Crippen LogP contribution in [0.5, 0.6) is 0 Å². The minimum atomic E-state index is -0.679. The van der Waals surface area contributed by atoms with E-state index in [4.69, 9.17) is 0 Å². The smallest absolute Gasteiger partial charge is 0.168 e. The topological polar surface area (TPSA) is 42.7 Å². The van der Waals surface area contributed by atoms with Gasteiger partial charge in [-0.2, -0.15) is 5.10 Å². The van der Waals surface area contributed by atoms with Crippen LogP contribution in [-0.2, 0) is 7.05 Å². The Labute approximate surface area is 120 Å². The first-order valence-electron chi connectivity index (χ1n) is 6.29. The van der Waals surface area contributed by atoms with Crippen molar-refractivity contribution in [1.29, 1.82) is 0 Å². The fourth-order valence-electron chi connectivity index (χ4n) is 1.67. The van der Waals surface area contributed by atoms with E-state index in [1.54, 1.807) is 11.7 Å². The van der Waals surface area contributed by atoms with Crippen molar-refractivity contribution in [3.63, 3.8) is 0 Å². The van der Waals surface area contributed by atoms with Crippen molar-refractivity contribution in [2.45, 2.75) is 30.3 Å². The molecule has 4 nitrogen and oxygen atoms in total. The molecule has 2 heterocycles. The van der Waals surface area contributed by atoms with Crippen LogP contribution in [0.15, 0.2) is 22.2 Å². The summed E-state index contributed by atoms with van der Waals surface area (Å²) in [4.78, 5) is 4.02. The second-order valence-electron chi connectivity index (χ2n) is 4.38. The number of halogens is 2. The van der Waals surface area contributed by atoms with Crippen molar-refractivity contribution in [2.75, 3.05) is 11.9 Å². The van der Waals surface area contributed by atoms with Gasteiger partial charge in [0.15, 0.2) is 17.5 Å². The lowest BCUT2D eigenvalue weighted by atomic mass is 10.4. The third-order valence-electron chi connectivity index (χ3n) is 2.60. The maximum absolute atomic E-state index is 13.8. The Kier molecular flexibility index (Phi) is 4.59. The van der Waals surface area contributed by atoms with Gasteiger partial charge in [-0.25, -0.2) is 13.8 Å². The first-order valence-corrected chi connectivity index (χ1v) is 7.11. The van der Waals surface area contributed by atoms with Crippen LogP contribution in [0.2, 0.25) is 0 Å². The lowest BCUT2D eigenvalue weighted by Crippen LogP contribution is -2.06. The Balaban J connectivity index is 2.29. The van der Waals surface area contributed by atoms with Crippen LogP contribution < -0.4 is 5.32 Å². The molecule has 1 N–H and O–H groups in total. The zero-order chi connectivity index (χ0) is 14.7. The molecule has 2 rings (SSSR count). The molecule has 0 spiro atoms. The van der Waals surface area contributed by atoms with Crippen molar-refractivity contribution < 1.29 is 8.78 Å². The molecule has 2 aromatic rings. The average molecular weight is 298 g/mol. The minimum absolute atomic E-state index is 0.0784. The normalized spacial score (nSPS) is 10.8. The highest BCUT2D eigenvalue weighted by molar-refractivity contribution is 7.99. The Morgan fingerprint density at radius 1 is 1.30 bits per heavy atom. The van der Waals surface area contributed by atoms with E-state index in [2.05, 4.69) is 15.4 Å². The molecule has 108 valence electrons. The first-order chi connectivity index (χ1) is 9.51. The second-order valence-corrected chi connectivity index (χ2v) is 5.39. The van der Waals surface area contributed by atoms with Gasteiger partial charge in [0.2, 0.25) is 0 Å². The van der Waals surface area contributed by atoms with Gasteiger partial charge < -0.3 is 5.32 Å². The SMILES string of the molecule is CCCNc1nc(Sc2cc(C)nn2C)c(F)cc1F. The number of anilines is 1. The molecule has 0 bridgehead atoms. The quantitative estimate of drug-likeness (QED) is 0.919. The molecule has 0 aliphatic carbocycles. The van der Waals surface area contributed by atoms with Crippen molar-refractivity contribution in [3.8, 4) is 0 Å². The molecule has 0 aliphatic rings. The van der Waals surface area contributed by atoms with Crippen molar-refractivity contribution in [3.05, 3.63) is 29.5 Å². The van der Waals surface area contributed by atoms with Crippen LogP contribution in [-0.4, -0.2) is 21.3 Å². The Morgan fingerprint density at radius 2 is 2.05 bits per heavy atom. The number of rotatable bonds is 5. The maximum Gasteiger partial charge on any atom is 0.168 e. The number of aromatic nitrogens is 3. The van der Waals surface area contributed by atoms with E-state index < -0.39 is 11.6 Å². The maximum atomic E-state index is 13.8. The van der Waals surface area contributed by atoms with Gasteiger partial charge in [-0.3, -0.25) is 4.68 Å². The van der Waals surface area contributed by atoms with Crippen LogP contribution in [0.4, 0.5) is 14.6 Å². The Bertz CT molecular complexity index is 613. The van der Waals surface area contributed by atoms with Gasteiger partial charge in [-0.15, -0.1) is 0 Å². The summed E-state index contributed by atoms with van der Waals surface area (Å²) in [6, 6.07) is 2.69. The Morgan fingerprint density at radius 3 is 2.65 bits per heavy atom. The summed E-state index contributed by atoms with van der Waals surface area (Å²) in [5, 5.41) is 7.91. The van der Waals surface area contributed by atoms with Crippen LogP contribution in [0.25, 0.3) is 0 Å². The highest BCUT2D eigenvalue weighted by atomic mass is 32.2. The van der Waals surface area contributed by atoms with E-state index in [1.165, 1.54) is 0 Å². The molecule has 0 atom stereocenters. The number of nitrogens with zero attached hydrogens (tertiary/aromatic N) is 3. The van der Waals surface area contributed by atoms with E-state index >= 15 is 0 Å². The summed E-state index contributed by atoms with van der Waals surface area (Å²) in [7, 11) is 1.77. The predicted octanol–water partition coefficient (Wildman–Crippen LogP) is 3.37. The first kappa shape index (κ1) is 14.8. The summed E-state index contributed by atoms with van der Waals surface area (Å²) >= 11 is 1.13. The van der Waals surface area contributed by atoms with Crippen molar-refractivity contribution in [2.24, 2.45) is 7.05 Å². The van der Waals surface area contributed by atoms with E-state index in [0.29, 0.717) is 6.54 Å². The van der Waals surface area contributed by atoms with Crippen LogP contribution in [0.1, 0.15) is 19.0 Å². The fraction of sp³-hybridized carbons (Fsp3) is 0.385. The molecule has 0 radical (unpaired) electrons. The largest absolute Gasteiger partial charge is 0.368 e. The van der Waals surface area contributed by atoms with E-state index in [0.717, 1.165) is 35.0 Å². The predicted molar refractivity (Wildman–Crippen MR) is 75.0 cm³/mol. The van der Waals surface area contributed by atoms with Gasteiger partial charge in [-0.05, 0) is 31.2 Å². The van der Waals surface area contributed by atoms with Crippen LogP contribution in [0, 0.1) is 18.6 Å². The fourth-order valence-corrected chi connectivity index (χ4v) is 2.56. The summed E-state index contributed by atoms with van der Waals surface area (Å²) in [6.45, 7) is 4.40. The Hall–Kier alpha value is -1.63. The molecule has 0 fully saturated rings. The average Bonchev–Trinajstić information content (AvgIpc) is 2.69. The molecule has 0 unspecified atom stereocenters. The van der Waals surface area contributed by atoms with E-state index in [-0.39, 0.29) is 10.8 Å². The molecule has 2 aromatic heterocycles. The molecule has 0 saturated heterocycles. The van der Waals surface area contributed by atoms with Crippen LogP contribution in [0.3, 0.4) is 0 Å². The van der Waals surface area contributed by atoms with Gasteiger partial charge >= 0.3 is 0 Å². The zero-order valence-corrected chi connectivity index (χ0v) is 12.4. The molecule has 0 saturated carbocycles. The number of nitrogens with one attached hydrogen (secondary N) is 1. The highest BCUT2D eigenvalue weighted by Gasteiger charge is 2.14. The summed E-state index contributed by atoms with van der Waals surface area (Å²) in [5.74, 6) is -1.27. The molecule has 20 heavy (non-hydrogen) atoms.